The molecule has 0 aromatic heterocycles. The molecule has 1 heterocycles. The van der Waals surface area contributed by atoms with Crippen LogP contribution in [0.25, 0.3) is 0 Å². The van der Waals surface area contributed by atoms with Crippen molar-refractivity contribution in [2.75, 3.05) is 12.9 Å². The number of hydrogen-bond acceptors (Lipinski definition) is 2. The zero-order valence-electron chi connectivity index (χ0n) is 2.56. The zero-order valence-corrected chi connectivity index (χ0v) is 3.38. The summed E-state index contributed by atoms with van der Waals surface area (Å²) in [5.41, 5.74) is 0. The first-order chi connectivity index (χ1) is 1.89. The van der Waals surface area contributed by atoms with Crippen molar-refractivity contribution in [1.29, 1.82) is 0 Å². The summed E-state index contributed by atoms with van der Waals surface area (Å²) < 4.78 is 2.17. The fraction of sp³-hybridized carbons (Fsp3) is 1.00. The molecule has 0 aromatic carbocycles. The summed E-state index contributed by atoms with van der Waals surface area (Å²) in [5.74, 6) is 1.24. The Morgan fingerprint density at radius 2 is 2.25 bits per heavy atom. The van der Waals surface area contributed by atoms with Gasteiger partial charge in [-0.3, -0.25) is 0 Å². The van der Waals surface area contributed by atoms with E-state index < -0.39 is 0 Å². The average molecular weight is 75.1 g/mol. The molecule has 1 atom stereocenters. The SMILES string of the molecule is C[N@@]1CS1. The minimum absolute atomic E-state index is 1.24. The molecule has 0 amide bonds. The van der Waals surface area contributed by atoms with Gasteiger partial charge in [-0.25, -0.2) is 4.31 Å². The molecule has 0 aliphatic carbocycles. The van der Waals surface area contributed by atoms with E-state index in [0.29, 0.717) is 0 Å². The van der Waals surface area contributed by atoms with Crippen LogP contribution in [-0.4, -0.2) is 17.2 Å². The van der Waals surface area contributed by atoms with Crippen LogP contribution in [0.2, 0.25) is 0 Å². The summed E-state index contributed by atoms with van der Waals surface area (Å²) >= 11 is 1.86. The van der Waals surface area contributed by atoms with Crippen molar-refractivity contribution in [3.63, 3.8) is 0 Å². The van der Waals surface area contributed by atoms with Crippen LogP contribution in [0.15, 0.2) is 0 Å². The first-order valence-electron chi connectivity index (χ1n) is 1.23. The van der Waals surface area contributed by atoms with Gasteiger partial charge in [-0.05, 0) is 7.05 Å². The Hall–Kier alpha value is 0.310. The summed E-state index contributed by atoms with van der Waals surface area (Å²) in [5, 5.41) is 0. The third kappa shape index (κ3) is 0.362. The van der Waals surface area contributed by atoms with Gasteiger partial charge in [0.05, 0.1) is 5.88 Å². The highest BCUT2D eigenvalue weighted by Crippen LogP contribution is 2.22. The van der Waals surface area contributed by atoms with Crippen molar-refractivity contribution in [3.05, 3.63) is 0 Å². The number of nitrogens with zero attached hydrogens (tertiary/aromatic N) is 1. The maximum atomic E-state index is 2.17. The highest BCUT2D eigenvalue weighted by molar-refractivity contribution is 8.02. The van der Waals surface area contributed by atoms with Gasteiger partial charge in [0.25, 0.3) is 0 Å². The monoisotopic (exact) mass is 75.0 g/mol. The quantitative estimate of drug-likeness (QED) is 0.305. The molecule has 0 radical (unpaired) electrons. The summed E-state index contributed by atoms with van der Waals surface area (Å²) in [6.45, 7) is 0. The summed E-state index contributed by atoms with van der Waals surface area (Å²) in [4.78, 5) is 0. The van der Waals surface area contributed by atoms with E-state index in [1.807, 2.05) is 11.9 Å². The minimum atomic E-state index is 1.24. The van der Waals surface area contributed by atoms with Crippen molar-refractivity contribution in [1.82, 2.24) is 4.31 Å². The van der Waals surface area contributed by atoms with Crippen LogP contribution >= 0.6 is 11.9 Å². The van der Waals surface area contributed by atoms with Gasteiger partial charge >= 0.3 is 0 Å². The third-order valence-electron chi connectivity index (χ3n) is 0.387. The van der Waals surface area contributed by atoms with E-state index in [0.717, 1.165) is 0 Å². The standard InChI is InChI=1S/C2H5NS/c1-3-2-4-3/h2H2,1H3/t3-/m0/s1. The molecule has 1 aliphatic heterocycles. The first-order valence-corrected chi connectivity index (χ1v) is 2.18. The number of rotatable bonds is 0. The van der Waals surface area contributed by atoms with Crippen molar-refractivity contribution < 1.29 is 0 Å². The van der Waals surface area contributed by atoms with Gasteiger partial charge in [0, 0.05) is 0 Å². The fourth-order valence-corrected chi connectivity index (χ4v) is 0.173. The van der Waals surface area contributed by atoms with Crippen LogP contribution in [0.1, 0.15) is 0 Å². The Morgan fingerprint density at radius 1 is 2.00 bits per heavy atom. The van der Waals surface area contributed by atoms with Crippen LogP contribution < -0.4 is 0 Å². The molecule has 1 aliphatic rings. The molecule has 0 bridgehead atoms. The van der Waals surface area contributed by atoms with Crippen LogP contribution in [-0.2, 0) is 0 Å². The van der Waals surface area contributed by atoms with Crippen molar-refractivity contribution >= 4 is 11.9 Å². The second-order valence-corrected chi connectivity index (χ2v) is 2.03. The molecule has 1 rings (SSSR count). The van der Waals surface area contributed by atoms with Crippen LogP contribution in [0.5, 0.6) is 0 Å². The molecular formula is C2H5NS. The van der Waals surface area contributed by atoms with Gasteiger partial charge < -0.3 is 0 Å². The lowest BCUT2D eigenvalue weighted by Crippen LogP contribution is -1.71. The van der Waals surface area contributed by atoms with Crippen molar-refractivity contribution in [2.45, 2.75) is 0 Å². The Labute approximate surface area is 30.1 Å². The summed E-state index contributed by atoms with van der Waals surface area (Å²) in [7, 11) is 2.07. The molecule has 0 saturated carbocycles. The Bertz CT molecular complexity index is 25.2. The summed E-state index contributed by atoms with van der Waals surface area (Å²) in [6, 6.07) is 0. The lowest BCUT2D eigenvalue weighted by molar-refractivity contribution is 0.785. The molecule has 0 N–H and O–H groups in total. The van der Waals surface area contributed by atoms with E-state index in [1.165, 1.54) is 5.88 Å². The second kappa shape index (κ2) is 0.626. The minimum Gasteiger partial charge on any atom is -0.241 e. The Morgan fingerprint density at radius 3 is 2.25 bits per heavy atom. The molecule has 0 spiro atoms. The molecule has 1 saturated heterocycles. The molecule has 0 unspecified atom stereocenters. The maximum absolute atomic E-state index is 2.17. The molecule has 2 heteroatoms. The smallest absolute Gasteiger partial charge is 0.0691 e. The predicted octanol–water partition coefficient (Wildman–Crippen LogP) is 0.537. The molecule has 1 fully saturated rings. The van der Waals surface area contributed by atoms with Crippen molar-refractivity contribution in [2.24, 2.45) is 0 Å². The molecule has 4 heavy (non-hydrogen) atoms. The van der Waals surface area contributed by atoms with Crippen LogP contribution in [0.3, 0.4) is 0 Å². The fourth-order valence-electron chi connectivity index (χ4n) is 0.0577. The van der Waals surface area contributed by atoms with E-state index in [2.05, 4.69) is 11.4 Å². The maximum Gasteiger partial charge on any atom is 0.0691 e. The van der Waals surface area contributed by atoms with E-state index in [9.17, 15) is 0 Å². The second-order valence-electron chi connectivity index (χ2n) is 0.886. The largest absolute Gasteiger partial charge is 0.241 e. The van der Waals surface area contributed by atoms with Gasteiger partial charge in [-0.15, -0.1) is 0 Å². The average Bonchev–Trinajstić information content (AvgIpc) is 1.75. The van der Waals surface area contributed by atoms with Crippen LogP contribution in [0.4, 0.5) is 0 Å². The highest BCUT2D eigenvalue weighted by Gasteiger charge is 2.09. The lowest BCUT2D eigenvalue weighted by Gasteiger charge is -1.62. The van der Waals surface area contributed by atoms with Gasteiger partial charge in [0.15, 0.2) is 0 Å². The summed E-state index contributed by atoms with van der Waals surface area (Å²) in [6.07, 6.45) is 0. The van der Waals surface area contributed by atoms with E-state index in [4.69, 9.17) is 0 Å². The lowest BCUT2D eigenvalue weighted by atomic mass is 11.3. The predicted molar refractivity (Wildman–Crippen MR) is 20.2 cm³/mol. The first kappa shape index (κ1) is 2.54. The Kier molecular flexibility index (Phi) is 0.398. The number of hydrogen-bond donors (Lipinski definition) is 0. The highest BCUT2D eigenvalue weighted by atomic mass is 32.2. The normalized spacial score (nSPS) is 39.8. The van der Waals surface area contributed by atoms with Gasteiger partial charge in [-0.2, -0.15) is 0 Å². The molecule has 1 nitrogen and oxygen atoms in total. The van der Waals surface area contributed by atoms with Gasteiger partial charge in [0.1, 0.15) is 0 Å². The van der Waals surface area contributed by atoms with E-state index >= 15 is 0 Å². The van der Waals surface area contributed by atoms with Crippen LogP contribution in [0, 0.1) is 0 Å². The molecular weight excluding hydrogens is 70.1 g/mol. The third-order valence-corrected chi connectivity index (χ3v) is 1.16. The Balaban J connectivity index is 2.17. The van der Waals surface area contributed by atoms with E-state index in [-0.39, 0.29) is 0 Å². The van der Waals surface area contributed by atoms with E-state index in [1.54, 1.807) is 0 Å². The van der Waals surface area contributed by atoms with Gasteiger partial charge in [0.2, 0.25) is 0 Å². The topological polar surface area (TPSA) is 3.01 Å². The van der Waals surface area contributed by atoms with Crippen molar-refractivity contribution in [3.8, 4) is 0 Å². The van der Waals surface area contributed by atoms with Gasteiger partial charge in [-0.1, -0.05) is 11.9 Å². The molecule has 24 valence electrons. The molecule has 0 aromatic rings. The zero-order chi connectivity index (χ0) is 2.99.